The largest absolute Gasteiger partial charge is 0.282 e. The first-order chi connectivity index (χ1) is 9.93. The number of hydrogen-bond donors (Lipinski definition) is 1. The third kappa shape index (κ3) is 3.97. The Hall–Kier alpha value is -1.55. The van der Waals surface area contributed by atoms with Crippen LogP contribution in [0, 0.1) is 11.3 Å². The van der Waals surface area contributed by atoms with E-state index in [1.165, 1.54) is 0 Å². The topological polar surface area (TPSA) is 70.0 Å². The Bertz CT molecular complexity index is 816. The molecule has 0 bridgehead atoms. The summed E-state index contributed by atoms with van der Waals surface area (Å²) < 4.78 is 27.4. The maximum atomic E-state index is 12.2. The van der Waals surface area contributed by atoms with Crippen molar-refractivity contribution in [3.05, 3.63) is 63.1 Å². The highest BCUT2D eigenvalue weighted by atomic mass is 79.9. The minimum atomic E-state index is -3.65. The molecular formula is C14H10BrClN2O2S. The van der Waals surface area contributed by atoms with Gasteiger partial charge in [0.25, 0.3) is 0 Å². The van der Waals surface area contributed by atoms with Crippen molar-refractivity contribution in [3.8, 4) is 6.07 Å². The summed E-state index contributed by atoms with van der Waals surface area (Å²) in [6.45, 7) is 0. The molecule has 108 valence electrons. The second kappa shape index (κ2) is 6.48. The first kappa shape index (κ1) is 15.8. The van der Waals surface area contributed by atoms with Crippen molar-refractivity contribution in [2.75, 3.05) is 4.72 Å². The van der Waals surface area contributed by atoms with Gasteiger partial charge in [-0.2, -0.15) is 5.26 Å². The van der Waals surface area contributed by atoms with Gasteiger partial charge in [0, 0.05) is 0 Å². The van der Waals surface area contributed by atoms with E-state index in [2.05, 4.69) is 20.7 Å². The Morgan fingerprint density at radius 2 is 1.90 bits per heavy atom. The van der Waals surface area contributed by atoms with Crippen LogP contribution in [0.25, 0.3) is 0 Å². The van der Waals surface area contributed by atoms with Gasteiger partial charge in [0.15, 0.2) is 0 Å². The molecule has 0 saturated carbocycles. The molecule has 0 fully saturated rings. The molecule has 0 aromatic heterocycles. The highest BCUT2D eigenvalue weighted by Gasteiger charge is 2.16. The van der Waals surface area contributed by atoms with Crippen LogP contribution in [-0.4, -0.2) is 8.42 Å². The number of rotatable bonds is 4. The molecule has 0 spiro atoms. The lowest BCUT2D eigenvalue weighted by Crippen LogP contribution is -2.16. The van der Waals surface area contributed by atoms with Crippen LogP contribution in [0.4, 0.5) is 5.69 Å². The summed E-state index contributed by atoms with van der Waals surface area (Å²) in [6.07, 6.45) is 0. The number of sulfonamides is 1. The standard InChI is InChI=1S/C14H10BrClN2O2S/c15-14-12(16)6-3-7-13(14)18-21(19,20)9-11-5-2-1-4-10(11)8-17/h1-7,18H,9H2. The summed E-state index contributed by atoms with van der Waals surface area (Å²) in [5.41, 5.74) is 1.15. The van der Waals surface area contributed by atoms with E-state index in [1.807, 2.05) is 6.07 Å². The minimum absolute atomic E-state index is 0.282. The van der Waals surface area contributed by atoms with Crippen LogP contribution < -0.4 is 4.72 Å². The quantitative estimate of drug-likeness (QED) is 0.867. The van der Waals surface area contributed by atoms with Crippen molar-refractivity contribution >= 4 is 43.2 Å². The summed E-state index contributed by atoms with van der Waals surface area (Å²) in [7, 11) is -3.65. The van der Waals surface area contributed by atoms with E-state index in [-0.39, 0.29) is 5.75 Å². The van der Waals surface area contributed by atoms with Crippen molar-refractivity contribution in [1.29, 1.82) is 5.26 Å². The van der Waals surface area contributed by atoms with Gasteiger partial charge in [0.1, 0.15) is 0 Å². The first-order valence-electron chi connectivity index (χ1n) is 5.85. The summed E-state index contributed by atoms with van der Waals surface area (Å²) in [4.78, 5) is 0. The van der Waals surface area contributed by atoms with E-state index >= 15 is 0 Å². The number of nitriles is 1. The fourth-order valence-corrected chi connectivity index (χ4v) is 3.65. The zero-order valence-corrected chi connectivity index (χ0v) is 13.8. The van der Waals surface area contributed by atoms with E-state index in [1.54, 1.807) is 42.5 Å². The van der Waals surface area contributed by atoms with Crippen molar-refractivity contribution in [3.63, 3.8) is 0 Å². The van der Waals surface area contributed by atoms with Gasteiger partial charge in [-0.15, -0.1) is 0 Å². The van der Waals surface area contributed by atoms with E-state index < -0.39 is 10.0 Å². The number of anilines is 1. The summed E-state index contributed by atoms with van der Waals surface area (Å²) in [6, 6.07) is 13.5. The molecule has 2 aromatic carbocycles. The Morgan fingerprint density at radius 1 is 1.19 bits per heavy atom. The van der Waals surface area contributed by atoms with Gasteiger partial charge >= 0.3 is 0 Å². The average molecular weight is 386 g/mol. The molecule has 0 aliphatic rings. The molecule has 4 nitrogen and oxygen atoms in total. The number of benzene rings is 2. The first-order valence-corrected chi connectivity index (χ1v) is 8.68. The molecule has 0 heterocycles. The molecule has 0 atom stereocenters. The van der Waals surface area contributed by atoms with Crippen LogP contribution in [0.5, 0.6) is 0 Å². The second-order valence-corrected chi connectivity index (χ2v) is 7.15. The van der Waals surface area contributed by atoms with Gasteiger partial charge < -0.3 is 0 Å². The molecule has 7 heteroatoms. The molecule has 21 heavy (non-hydrogen) atoms. The lowest BCUT2D eigenvalue weighted by Gasteiger charge is -2.11. The normalized spacial score (nSPS) is 10.9. The average Bonchev–Trinajstić information content (AvgIpc) is 2.44. The lowest BCUT2D eigenvalue weighted by atomic mass is 10.1. The summed E-state index contributed by atoms with van der Waals surface area (Å²) in [5, 5.41) is 9.41. The van der Waals surface area contributed by atoms with E-state index in [0.717, 1.165) is 0 Å². The molecule has 0 aliphatic heterocycles. The number of halogens is 2. The Balaban J connectivity index is 2.28. The van der Waals surface area contributed by atoms with Crippen LogP contribution in [0.2, 0.25) is 5.02 Å². The zero-order chi connectivity index (χ0) is 15.5. The van der Waals surface area contributed by atoms with Crippen molar-refractivity contribution in [2.24, 2.45) is 0 Å². The molecule has 0 amide bonds. The van der Waals surface area contributed by atoms with E-state index in [9.17, 15) is 8.42 Å². The molecule has 0 aliphatic carbocycles. The highest BCUT2D eigenvalue weighted by Crippen LogP contribution is 2.31. The van der Waals surface area contributed by atoms with Crippen molar-refractivity contribution < 1.29 is 8.42 Å². The second-order valence-electron chi connectivity index (χ2n) is 4.23. The monoisotopic (exact) mass is 384 g/mol. The van der Waals surface area contributed by atoms with Gasteiger partial charge in [-0.05, 0) is 39.7 Å². The predicted octanol–water partition coefficient (Wildman–Crippen LogP) is 3.92. The Morgan fingerprint density at radius 3 is 2.62 bits per heavy atom. The maximum absolute atomic E-state index is 12.2. The van der Waals surface area contributed by atoms with Gasteiger partial charge in [-0.3, -0.25) is 4.72 Å². The van der Waals surface area contributed by atoms with Crippen LogP contribution in [0.1, 0.15) is 11.1 Å². The smallest absolute Gasteiger partial charge is 0.237 e. The number of hydrogen-bond acceptors (Lipinski definition) is 3. The van der Waals surface area contributed by atoms with E-state index in [4.69, 9.17) is 16.9 Å². The highest BCUT2D eigenvalue weighted by molar-refractivity contribution is 9.10. The predicted molar refractivity (Wildman–Crippen MR) is 86.6 cm³/mol. The number of nitrogens with zero attached hydrogens (tertiary/aromatic N) is 1. The third-order valence-electron chi connectivity index (χ3n) is 2.70. The minimum Gasteiger partial charge on any atom is -0.282 e. The summed E-state index contributed by atoms with van der Waals surface area (Å²) in [5.74, 6) is -0.282. The van der Waals surface area contributed by atoms with Crippen molar-refractivity contribution in [1.82, 2.24) is 0 Å². The van der Waals surface area contributed by atoms with Crippen LogP contribution in [0.15, 0.2) is 46.9 Å². The molecule has 0 unspecified atom stereocenters. The number of nitrogens with one attached hydrogen (secondary N) is 1. The van der Waals surface area contributed by atoms with Crippen LogP contribution in [0.3, 0.4) is 0 Å². The van der Waals surface area contributed by atoms with Gasteiger partial charge in [0.2, 0.25) is 10.0 Å². The molecule has 0 radical (unpaired) electrons. The molecular weight excluding hydrogens is 376 g/mol. The van der Waals surface area contributed by atoms with E-state index in [0.29, 0.717) is 26.3 Å². The Labute approximate surface area is 136 Å². The van der Waals surface area contributed by atoms with Crippen LogP contribution in [-0.2, 0) is 15.8 Å². The SMILES string of the molecule is N#Cc1ccccc1CS(=O)(=O)Nc1cccc(Cl)c1Br. The molecule has 2 aromatic rings. The van der Waals surface area contributed by atoms with Crippen molar-refractivity contribution in [2.45, 2.75) is 5.75 Å². The molecule has 1 N–H and O–H groups in total. The third-order valence-corrected chi connectivity index (χ3v) is 5.32. The van der Waals surface area contributed by atoms with Crippen LogP contribution >= 0.6 is 27.5 Å². The zero-order valence-electron chi connectivity index (χ0n) is 10.7. The fourth-order valence-electron chi connectivity index (χ4n) is 1.75. The maximum Gasteiger partial charge on any atom is 0.237 e. The summed E-state index contributed by atoms with van der Waals surface area (Å²) >= 11 is 9.16. The lowest BCUT2D eigenvalue weighted by molar-refractivity contribution is 0.600. The van der Waals surface area contributed by atoms with Gasteiger partial charge in [0.05, 0.1) is 32.6 Å². The molecule has 0 saturated heterocycles. The fraction of sp³-hybridized carbons (Fsp3) is 0.0714. The van der Waals surface area contributed by atoms with Gasteiger partial charge in [-0.1, -0.05) is 35.9 Å². The molecule has 2 rings (SSSR count). The Kier molecular flexibility index (Phi) is 4.88. The van der Waals surface area contributed by atoms with Gasteiger partial charge in [-0.25, -0.2) is 8.42 Å².